The van der Waals surface area contributed by atoms with Gasteiger partial charge in [-0.2, -0.15) is 5.26 Å². The third-order valence-electron chi connectivity index (χ3n) is 2.02. The molecule has 1 N–H and O–H groups in total. The van der Waals surface area contributed by atoms with Crippen LogP contribution in [0.15, 0.2) is 0 Å². The Bertz CT molecular complexity index is 163. The quantitative estimate of drug-likeness (QED) is 0.687. The molecule has 0 aliphatic heterocycles. The summed E-state index contributed by atoms with van der Waals surface area (Å²) in [5, 5.41) is 17.9. The highest BCUT2D eigenvalue weighted by Gasteiger charge is 2.15. The highest BCUT2D eigenvalue weighted by Crippen LogP contribution is 2.08. The molecule has 0 radical (unpaired) electrons. The highest BCUT2D eigenvalue weighted by atomic mass is 16.5. The van der Waals surface area contributed by atoms with Crippen molar-refractivity contribution in [2.24, 2.45) is 0 Å². The third kappa shape index (κ3) is 5.62. The molecule has 13 heavy (non-hydrogen) atoms. The first-order valence-corrected chi connectivity index (χ1v) is 4.85. The summed E-state index contributed by atoms with van der Waals surface area (Å²) in [6, 6.07) is 2.09. The van der Waals surface area contributed by atoms with E-state index in [0.717, 1.165) is 19.3 Å². The molecule has 0 heterocycles. The summed E-state index contributed by atoms with van der Waals surface area (Å²) in [6.07, 6.45) is 1.66. The lowest BCUT2D eigenvalue weighted by Gasteiger charge is -2.19. The van der Waals surface area contributed by atoms with Crippen molar-refractivity contribution in [1.29, 1.82) is 5.26 Å². The Morgan fingerprint density at radius 2 is 2.08 bits per heavy atom. The fourth-order valence-electron chi connectivity index (χ4n) is 0.925. The maximum Gasteiger partial charge on any atom is 0.144 e. The smallest absolute Gasteiger partial charge is 0.144 e. The summed E-state index contributed by atoms with van der Waals surface area (Å²) < 4.78 is 5.35. The van der Waals surface area contributed by atoms with Gasteiger partial charge in [-0.05, 0) is 20.3 Å². The largest absolute Gasteiger partial charge is 0.391 e. The number of hydrogen-bond acceptors (Lipinski definition) is 3. The number of hydrogen-bond donors (Lipinski definition) is 1. The van der Waals surface area contributed by atoms with E-state index < -0.39 is 6.10 Å². The Balaban J connectivity index is 3.78. The summed E-state index contributed by atoms with van der Waals surface area (Å²) in [5.41, 5.74) is 0. The Kier molecular flexibility index (Phi) is 6.56. The van der Waals surface area contributed by atoms with Gasteiger partial charge in [0.25, 0.3) is 0 Å². The van der Waals surface area contributed by atoms with E-state index in [1.807, 2.05) is 0 Å². The van der Waals surface area contributed by atoms with Gasteiger partial charge in [-0.15, -0.1) is 0 Å². The van der Waals surface area contributed by atoms with Crippen LogP contribution in [0.2, 0.25) is 0 Å². The van der Waals surface area contributed by atoms with E-state index in [0.29, 0.717) is 0 Å². The second-order valence-electron chi connectivity index (χ2n) is 3.34. The van der Waals surface area contributed by atoms with E-state index in [4.69, 9.17) is 15.1 Å². The minimum Gasteiger partial charge on any atom is -0.391 e. The molecule has 0 aliphatic rings. The Morgan fingerprint density at radius 3 is 2.46 bits per heavy atom. The number of nitriles is 1. The number of rotatable bonds is 6. The van der Waals surface area contributed by atoms with Crippen LogP contribution in [0.5, 0.6) is 0 Å². The van der Waals surface area contributed by atoms with Crippen LogP contribution in [0.25, 0.3) is 0 Å². The zero-order valence-electron chi connectivity index (χ0n) is 8.66. The van der Waals surface area contributed by atoms with Crippen molar-refractivity contribution in [1.82, 2.24) is 0 Å². The summed E-state index contributed by atoms with van der Waals surface area (Å²) in [5.74, 6) is 0. The van der Waals surface area contributed by atoms with E-state index in [2.05, 4.69) is 13.0 Å². The summed E-state index contributed by atoms with van der Waals surface area (Å²) in [7, 11) is 0. The Morgan fingerprint density at radius 1 is 1.46 bits per heavy atom. The van der Waals surface area contributed by atoms with Crippen LogP contribution in [0.1, 0.15) is 40.0 Å². The molecule has 0 bridgehead atoms. The van der Waals surface area contributed by atoms with Crippen LogP contribution in [0, 0.1) is 11.3 Å². The minimum absolute atomic E-state index is 0.262. The molecule has 3 atom stereocenters. The fourth-order valence-corrected chi connectivity index (χ4v) is 0.925. The lowest BCUT2D eigenvalue weighted by atomic mass is 10.1. The molecule has 0 saturated carbocycles. The Labute approximate surface area is 80.3 Å². The molecule has 0 saturated heterocycles. The van der Waals surface area contributed by atoms with E-state index in [-0.39, 0.29) is 12.2 Å². The normalized spacial score (nSPS) is 17.5. The topological polar surface area (TPSA) is 53.2 Å². The second-order valence-corrected chi connectivity index (χ2v) is 3.34. The minimum atomic E-state index is -0.516. The Hall–Kier alpha value is -0.590. The molecular formula is C10H19NO2. The fraction of sp³-hybridized carbons (Fsp3) is 0.900. The molecule has 0 aromatic heterocycles. The van der Waals surface area contributed by atoms with Gasteiger partial charge in [0.15, 0.2) is 0 Å². The molecule has 0 unspecified atom stereocenters. The predicted molar refractivity (Wildman–Crippen MR) is 51.2 cm³/mol. The van der Waals surface area contributed by atoms with E-state index >= 15 is 0 Å². The van der Waals surface area contributed by atoms with Gasteiger partial charge in [0, 0.05) is 0 Å². The van der Waals surface area contributed by atoms with Crippen molar-refractivity contribution < 1.29 is 9.84 Å². The highest BCUT2D eigenvalue weighted by molar-refractivity contribution is 4.84. The molecule has 0 aliphatic carbocycles. The van der Waals surface area contributed by atoms with Crippen LogP contribution in [-0.4, -0.2) is 23.4 Å². The van der Waals surface area contributed by atoms with E-state index in [9.17, 15) is 0 Å². The van der Waals surface area contributed by atoms with Crippen molar-refractivity contribution in [3.63, 3.8) is 0 Å². The summed E-state index contributed by atoms with van der Waals surface area (Å²) in [6.45, 7) is 5.52. The monoisotopic (exact) mass is 185 g/mol. The van der Waals surface area contributed by atoms with Gasteiger partial charge >= 0.3 is 0 Å². The number of ether oxygens (including phenoxy) is 1. The first-order chi connectivity index (χ1) is 6.11. The average molecular weight is 185 g/mol. The summed E-state index contributed by atoms with van der Waals surface area (Å²) >= 11 is 0. The van der Waals surface area contributed by atoms with Crippen LogP contribution < -0.4 is 0 Å². The molecule has 0 aromatic rings. The third-order valence-corrected chi connectivity index (χ3v) is 2.02. The van der Waals surface area contributed by atoms with Crippen LogP contribution in [0.4, 0.5) is 0 Å². The van der Waals surface area contributed by atoms with Gasteiger partial charge in [-0.1, -0.05) is 19.8 Å². The van der Waals surface area contributed by atoms with Crippen LogP contribution in [-0.2, 0) is 4.74 Å². The number of nitrogens with zero attached hydrogens (tertiary/aromatic N) is 1. The SMILES string of the molecule is CCCC[C@H](C#N)O[C@H](C)[C@@H](C)O. The first kappa shape index (κ1) is 12.4. The second kappa shape index (κ2) is 6.88. The summed E-state index contributed by atoms with van der Waals surface area (Å²) in [4.78, 5) is 0. The lowest BCUT2D eigenvalue weighted by Crippen LogP contribution is -2.27. The first-order valence-electron chi connectivity index (χ1n) is 4.85. The molecule has 0 rings (SSSR count). The van der Waals surface area contributed by atoms with Gasteiger partial charge in [0.05, 0.1) is 18.3 Å². The van der Waals surface area contributed by atoms with E-state index in [1.165, 1.54) is 0 Å². The van der Waals surface area contributed by atoms with Crippen molar-refractivity contribution in [2.45, 2.75) is 58.3 Å². The van der Waals surface area contributed by atoms with Crippen molar-refractivity contribution >= 4 is 0 Å². The van der Waals surface area contributed by atoms with Crippen LogP contribution in [0.3, 0.4) is 0 Å². The number of aliphatic hydroxyl groups is 1. The van der Waals surface area contributed by atoms with Gasteiger partial charge in [-0.25, -0.2) is 0 Å². The molecule has 0 amide bonds. The zero-order valence-corrected chi connectivity index (χ0v) is 8.66. The standard InChI is InChI=1S/C10H19NO2/c1-4-5-6-10(7-11)13-9(3)8(2)12/h8-10,12H,4-6H2,1-3H3/t8-,9-,10-/m1/s1. The van der Waals surface area contributed by atoms with Crippen LogP contribution >= 0.6 is 0 Å². The van der Waals surface area contributed by atoms with Crippen molar-refractivity contribution in [3.05, 3.63) is 0 Å². The van der Waals surface area contributed by atoms with Crippen molar-refractivity contribution in [2.75, 3.05) is 0 Å². The maximum atomic E-state index is 9.16. The van der Waals surface area contributed by atoms with E-state index in [1.54, 1.807) is 13.8 Å². The number of unbranched alkanes of at least 4 members (excludes halogenated alkanes) is 1. The molecule has 0 spiro atoms. The van der Waals surface area contributed by atoms with Gasteiger partial charge in [-0.3, -0.25) is 0 Å². The van der Waals surface area contributed by atoms with Gasteiger partial charge < -0.3 is 9.84 Å². The molecule has 3 heteroatoms. The molecule has 76 valence electrons. The maximum absolute atomic E-state index is 9.16. The lowest BCUT2D eigenvalue weighted by molar-refractivity contribution is -0.0441. The molecule has 0 fully saturated rings. The average Bonchev–Trinajstić information content (AvgIpc) is 2.11. The molecule has 0 aromatic carbocycles. The zero-order chi connectivity index (χ0) is 10.3. The molecular weight excluding hydrogens is 166 g/mol. The predicted octanol–water partition coefficient (Wildman–Crippen LogP) is 1.85. The number of aliphatic hydroxyl groups excluding tert-OH is 1. The van der Waals surface area contributed by atoms with Gasteiger partial charge in [0.2, 0.25) is 0 Å². The van der Waals surface area contributed by atoms with Gasteiger partial charge in [0.1, 0.15) is 6.10 Å². The van der Waals surface area contributed by atoms with Crippen molar-refractivity contribution in [3.8, 4) is 6.07 Å². The molecule has 3 nitrogen and oxygen atoms in total.